The van der Waals surface area contributed by atoms with Gasteiger partial charge in [-0.2, -0.15) is 0 Å². The summed E-state index contributed by atoms with van der Waals surface area (Å²) in [7, 11) is 2.13. The average Bonchev–Trinajstić information content (AvgIpc) is 2.78. The highest BCUT2D eigenvalue weighted by Gasteiger charge is 2.15. The first-order valence-electron chi connectivity index (χ1n) is 7.51. The second-order valence-electron chi connectivity index (χ2n) is 5.76. The van der Waals surface area contributed by atoms with Crippen molar-refractivity contribution in [1.29, 1.82) is 0 Å². The lowest BCUT2D eigenvalue weighted by atomic mass is 10.2. The SMILES string of the molecule is CCCNCc1c(N(C)CC(C)C)nc2ccccn12. The molecule has 0 radical (unpaired) electrons. The number of anilines is 1. The van der Waals surface area contributed by atoms with Gasteiger partial charge < -0.3 is 14.6 Å². The van der Waals surface area contributed by atoms with Crippen molar-refractivity contribution in [1.82, 2.24) is 14.7 Å². The molecule has 0 fully saturated rings. The largest absolute Gasteiger partial charge is 0.358 e. The second kappa shape index (κ2) is 6.75. The van der Waals surface area contributed by atoms with E-state index in [9.17, 15) is 0 Å². The Labute approximate surface area is 121 Å². The number of nitrogens with one attached hydrogen (secondary N) is 1. The molecule has 0 aliphatic carbocycles. The number of imidazole rings is 1. The van der Waals surface area contributed by atoms with Crippen molar-refractivity contribution in [3.05, 3.63) is 30.1 Å². The Hall–Kier alpha value is -1.55. The zero-order chi connectivity index (χ0) is 14.5. The molecule has 4 heteroatoms. The molecule has 0 aliphatic rings. The molecule has 2 heterocycles. The molecule has 0 bridgehead atoms. The van der Waals surface area contributed by atoms with Gasteiger partial charge in [0.05, 0.1) is 5.69 Å². The highest BCUT2D eigenvalue weighted by molar-refractivity contribution is 5.55. The molecule has 0 saturated carbocycles. The molecule has 0 amide bonds. The minimum absolute atomic E-state index is 0.626. The van der Waals surface area contributed by atoms with Crippen LogP contribution in [0.3, 0.4) is 0 Å². The van der Waals surface area contributed by atoms with Crippen molar-refractivity contribution < 1.29 is 0 Å². The Morgan fingerprint density at radius 3 is 2.85 bits per heavy atom. The average molecular weight is 274 g/mol. The maximum absolute atomic E-state index is 4.79. The summed E-state index contributed by atoms with van der Waals surface area (Å²) in [6.45, 7) is 9.57. The lowest BCUT2D eigenvalue weighted by Gasteiger charge is -2.20. The molecule has 110 valence electrons. The van der Waals surface area contributed by atoms with E-state index in [0.717, 1.165) is 37.5 Å². The third-order valence-corrected chi connectivity index (χ3v) is 3.33. The van der Waals surface area contributed by atoms with Gasteiger partial charge in [-0.3, -0.25) is 0 Å². The molecular weight excluding hydrogens is 248 g/mol. The Kier molecular flexibility index (Phi) is 5.01. The van der Waals surface area contributed by atoms with Crippen LogP contribution in [-0.4, -0.2) is 29.5 Å². The summed E-state index contributed by atoms with van der Waals surface area (Å²) in [6, 6.07) is 6.16. The fourth-order valence-corrected chi connectivity index (χ4v) is 2.52. The van der Waals surface area contributed by atoms with Gasteiger partial charge in [0.2, 0.25) is 0 Å². The number of rotatable bonds is 7. The van der Waals surface area contributed by atoms with E-state index in [1.165, 1.54) is 5.69 Å². The van der Waals surface area contributed by atoms with Crippen molar-refractivity contribution >= 4 is 11.5 Å². The molecule has 2 aromatic rings. The Balaban J connectivity index is 2.33. The van der Waals surface area contributed by atoms with Crippen LogP contribution in [0.5, 0.6) is 0 Å². The fraction of sp³-hybridized carbons (Fsp3) is 0.562. The third kappa shape index (κ3) is 3.31. The smallest absolute Gasteiger partial charge is 0.152 e. The standard InChI is InChI=1S/C16H26N4/c1-5-9-17-11-14-16(19(4)12-13(2)3)18-15-8-6-7-10-20(14)15/h6-8,10,13,17H,5,9,11-12H2,1-4H3. The number of pyridine rings is 1. The van der Waals surface area contributed by atoms with Crippen LogP contribution in [0.25, 0.3) is 5.65 Å². The fourth-order valence-electron chi connectivity index (χ4n) is 2.52. The molecular formula is C16H26N4. The quantitative estimate of drug-likeness (QED) is 0.788. The van der Waals surface area contributed by atoms with Crippen LogP contribution in [0.4, 0.5) is 5.82 Å². The Morgan fingerprint density at radius 1 is 1.35 bits per heavy atom. The van der Waals surface area contributed by atoms with Crippen LogP contribution in [0, 0.1) is 5.92 Å². The molecule has 1 N–H and O–H groups in total. The van der Waals surface area contributed by atoms with E-state index in [4.69, 9.17) is 4.98 Å². The van der Waals surface area contributed by atoms with E-state index in [2.05, 4.69) is 60.8 Å². The molecule has 0 atom stereocenters. The van der Waals surface area contributed by atoms with E-state index < -0.39 is 0 Å². The predicted octanol–water partition coefficient (Wildman–Crippen LogP) is 2.93. The molecule has 0 unspecified atom stereocenters. The van der Waals surface area contributed by atoms with E-state index >= 15 is 0 Å². The molecule has 0 saturated heterocycles. The molecule has 2 aromatic heterocycles. The van der Waals surface area contributed by atoms with Gasteiger partial charge in [-0.15, -0.1) is 0 Å². The van der Waals surface area contributed by atoms with E-state index in [1.807, 2.05) is 6.07 Å². The minimum atomic E-state index is 0.626. The monoisotopic (exact) mass is 274 g/mol. The first-order valence-corrected chi connectivity index (χ1v) is 7.51. The van der Waals surface area contributed by atoms with Gasteiger partial charge in [-0.25, -0.2) is 4.98 Å². The predicted molar refractivity (Wildman–Crippen MR) is 85.3 cm³/mol. The summed E-state index contributed by atoms with van der Waals surface area (Å²) in [5.41, 5.74) is 2.27. The molecule has 0 aromatic carbocycles. The number of nitrogens with zero attached hydrogens (tertiary/aromatic N) is 3. The van der Waals surface area contributed by atoms with Gasteiger partial charge in [0.1, 0.15) is 5.65 Å². The van der Waals surface area contributed by atoms with Crippen LogP contribution in [0.15, 0.2) is 24.4 Å². The van der Waals surface area contributed by atoms with Crippen molar-refractivity contribution in [3.8, 4) is 0 Å². The van der Waals surface area contributed by atoms with Crippen molar-refractivity contribution in [2.24, 2.45) is 5.92 Å². The first kappa shape index (κ1) is 14.9. The molecule has 0 aliphatic heterocycles. The Bertz CT molecular complexity index is 544. The molecule has 4 nitrogen and oxygen atoms in total. The van der Waals surface area contributed by atoms with E-state index in [-0.39, 0.29) is 0 Å². The normalized spacial score (nSPS) is 11.4. The summed E-state index contributed by atoms with van der Waals surface area (Å²) < 4.78 is 2.19. The number of hydrogen-bond acceptors (Lipinski definition) is 3. The third-order valence-electron chi connectivity index (χ3n) is 3.33. The van der Waals surface area contributed by atoms with Gasteiger partial charge in [0, 0.05) is 26.3 Å². The summed E-state index contributed by atoms with van der Waals surface area (Å²) in [5, 5.41) is 3.49. The zero-order valence-electron chi connectivity index (χ0n) is 13.1. The van der Waals surface area contributed by atoms with Crippen LogP contribution < -0.4 is 10.2 Å². The zero-order valence-corrected chi connectivity index (χ0v) is 13.1. The lowest BCUT2D eigenvalue weighted by molar-refractivity contribution is 0.626. The van der Waals surface area contributed by atoms with Gasteiger partial charge in [-0.1, -0.05) is 26.8 Å². The van der Waals surface area contributed by atoms with Crippen LogP contribution in [0.2, 0.25) is 0 Å². The van der Waals surface area contributed by atoms with Gasteiger partial charge in [0.15, 0.2) is 5.82 Å². The van der Waals surface area contributed by atoms with Crippen molar-refractivity contribution in [2.45, 2.75) is 33.7 Å². The van der Waals surface area contributed by atoms with Crippen LogP contribution >= 0.6 is 0 Å². The molecule has 0 spiro atoms. The van der Waals surface area contributed by atoms with Gasteiger partial charge in [0.25, 0.3) is 0 Å². The topological polar surface area (TPSA) is 32.6 Å². The summed E-state index contributed by atoms with van der Waals surface area (Å²) in [6.07, 6.45) is 3.24. The number of fused-ring (bicyclic) bond motifs is 1. The summed E-state index contributed by atoms with van der Waals surface area (Å²) in [5.74, 6) is 1.72. The number of aromatic nitrogens is 2. The Morgan fingerprint density at radius 2 is 2.15 bits per heavy atom. The minimum Gasteiger partial charge on any atom is -0.358 e. The van der Waals surface area contributed by atoms with Crippen LogP contribution in [0.1, 0.15) is 32.9 Å². The maximum Gasteiger partial charge on any atom is 0.152 e. The summed E-state index contributed by atoms with van der Waals surface area (Å²) in [4.78, 5) is 7.06. The van der Waals surface area contributed by atoms with Gasteiger partial charge in [-0.05, 0) is 31.0 Å². The van der Waals surface area contributed by atoms with Crippen molar-refractivity contribution in [2.75, 3.05) is 25.0 Å². The number of hydrogen-bond donors (Lipinski definition) is 1. The first-order chi connectivity index (χ1) is 9.63. The highest BCUT2D eigenvalue weighted by atomic mass is 15.2. The second-order valence-corrected chi connectivity index (χ2v) is 5.76. The molecule has 2 rings (SSSR count). The van der Waals surface area contributed by atoms with Gasteiger partial charge >= 0.3 is 0 Å². The lowest BCUT2D eigenvalue weighted by Crippen LogP contribution is -2.25. The highest BCUT2D eigenvalue weighted by Crippen LogP contribution is 2.21. The maximum atomic E-state index is 4.79. The summed E-state index contributed by atoms with van der Waals surface area (Å²) >= 11 is 0. The molecule has 20 heavy (non-hydrogen) atoms. The van der Waals surface area contributed by atoms with E-state index in [0.29, 0.717) is 5.92 Å². The van der Waals surface area contributed by atoms with Crippen molar-refractivity contribution in [3.63, 3.8) is 0 Å². The van der Waals surface area contributed by atoms with Crippen LogP contribution in [-0.2, 0) is 6.54 Å². The van der Waals surface area contributed by atoms with E-state index in [1.54, 1.807) is 0 Å².